The second-order valence-corrected chi connectivity index (χ2v) is 6.48. The van der Waals surface area contributed by atoms with E-state index in [9.17, 15) is 0 Å². The van der Waals surface area contributed by atoms with Crippen LogP contribution in [0.25, 0.3) is 0 Å². The molecule has 5 heteroatoms. The average Bonchev–Trinajstić information content (AvgIpc) is 3.02. The first-order valence-electron chi connectivity index (χ1n) is 8.69. The van der Waals surface area contributed by atoms with Gasteiger partial charge in [0.2, 0.25) is 6.79 Å². The van der Waals surface area contributed by atoms with Crippen LogP contribution in [-0.4, -0.2) is 31.5 Å². The van der Waals surface area contributed by atoms with Crippen LogP contribution in [0, 0.1) is 0 Å². The summed E-state index contributed by atoms with van der Waals surface area (Å²) >= 11 is 0. The summed E-state index contributed by atoms with van der Waals surface area (Å²) in [6.45, 7) is 5.03. The molecule has 0 bridgehead atoms. The van der Waals surface area contributed by atoms with E-state index in [1.165, 1.54) is 5.56 Å². The van der Waals surface area contributed by atoms with Gasteiger partial charge < -0.3 is 18.9 Å². The zero-order chi connectivity index (χ0) is 17.2. The Morgan fingerprint density at radius 3 is 2.76 bits per heavy atom. The number of rotatable bonds is 4. The van der Waals surface area contributed by atoms with Gasteiger partial charge in [0.15, 0.2) is 11.5 Å². The fourth-order valence-corrected chi connectivity index (χ4v) is 3.36. The third kappa shape index (κ3) is 3.37. The van der Waals surface area contributed by atoms with Gasteiger partial charge in [-0.3, -0.25) is 4.90 Å². The highest BCUT2D eigenvalue weighted by atomic mass is 16.7. The number of ether oxygens (including phenoxy) is 4. The van der Waals surface area contributed by atoms with Crippen molar-refractivity contribution >= 4 is 0 Å². The van der Waals surface area contributed by atoms with E-state index in [-0.39, 0.29) is 6.10 Å². The Morgan fingerprint density at radius 1 is 1.08 bits per heavy atom. The molecule has 2 aromatic rings. The van der Waals surface area contributed by atoms with Crippen LogP contribution in [0.2, 0.25) is 0 Å². The van der Waals surface area contributed by atoms with Crippen LogP contribution in [0.5, 0.6) is 23.0 Å². The molecule has 0 unspecified atom stereocenters. The summed E-state index contributed by atoms with van der Waals surface area (Å²) < 4.78 is 22.5. The van der Waals surface area contributed by atoms with E-state index in [2.05, 4.69) is 30.0 Å². The van der Waals surface area contributed by atoms with E-state index in [1.807, 2.05) is 18.2 Å². The Bertz CT molecular complexity index is 761. The zero-order valence-electron chi connectivity index (χ0n) is 14.7. The van der Waals surface area contributed by atoms with Gasteiger partial charge in [0.1, 0.15) is 17.6 Å². The summed E-state index contributed by atoms with van der Waals surface area (Å²) in [5.74, 6) is 3.48. The highest BCUT2D eigenvalue weighted by Gasteiger charge is 2.23. The Labute approximate surface area is 148 Å². The standard InChI is InChI=1S/C20H23NO4/c1-3-16-12-21(10-14-4-6-19-20(8-14)24-13-23-19)11-15-9-17(22-2)5-7-18(15)25-16/h4-9,16H,3,10-13H2,1-2H3/t16-/m0/s1. The monoisotopic (exact) mass is 341 g/mol. The molecule has 0 aromatic heterocycles. The number of nitrogens with zero attached hydrogens (tertiary/aromatic N) is 1. The molecule has 0 amide bonds. The summed E-state index contributed by atoms with van der Waals surface area (Å²) in [5, 5.41) is 0. The average molecular weight is 341 g/mol. The van der Waals surface area contributed by atoms with Crippen LogP contribution in [-0.2, 0) is 13.1 Å². The zero-order valence-corrected chi connectivity index (χ0v) is 14.7. The van der Waals surface area contributed by atoms with Crippen molar-refractivity contribution in [1.82, 2.24) is 4.90 Å². The molecule has 5 nitrogen and oxygen atoms in total. The number of benzene rings is 2. The predicted molar refractivity (Wildman–Crippen MR) is 94.4 cm³/mol. The smallest absolute Gasteiger partial charge is 0.231 e. The lowest BCUT2D eigenvalue weighted by atomic mass is 10.1. The lowest BCUT2D eigenvalue weighted by Gasteiger charge is -2.23. The fourth-order valence-electron chi connectivity index (χ4n) is 3.36. The Kier molecular flexibility index (Phi) is 4.40. The molecule has 2 aliphatic rings. The lowest BCUT2D eigenvalue weighted by Crippen LogP contribution is -2.32. The van der Waals surface area contributed by atoms with Crippen molar-refractivity contribution in [2.45, 2.75) is 32.5 Å². The van der Waals surface area contributed by atoms with Gasteiger partial charge in [0, 0.05) is 25.2 Å². The Balaban J connectivity index is 1.57. The van der Waals surface area contributed by atoms with Gasteiger partial charge in [-0.15, -0.1) is 0 Å². The molecule has 0 saturated heterocycles. The third-order valence-electron chi connectivity index (χ3n) is 4.72. The molecule has 2 aromatic carbocycles. The minimum atomic E-state index is 0.184. The summed E-state index contributed by atoms with van der Waals surface area (Å²) in [6, 6.07) is 12.2. The first kappa shape index (κ1) is 16.1. The van der Waals surface area contributed by atoms with Gasteiger partial charge in [-0.2, -0.15) is 0 Å². The molecule has 4 rings (SSSR count). The minimum Gasteiger partial charge on any atom is -0.497 e. The molecular weight excluding hydrogens is 318 g/mol. The van der Waals surface area contributed by atoms with E-state index >= 15 is 0 Å². The van der Waals surface area contributed by atoms with E-state index in [1.54, 1.807) is 7.11 Å². The first-order valence-corrected chi connectivity index (χ1v) is 8.69. The first-order chi connectivity index (χ1) is 12.2. The highest BCUT2D eigenvalue weighted by Crippen LogP contribution is 2.34. The summed E-state index contributed by atoms with van der Waals surface area (Å²) in [7, 11) is 1.69. The molecule has 132 valence electrons. The van der Waals surface area contributed by atoms with Crippen LogP contribution in [0.4, 0.5) is 0 Å². The molecule has 0 spiro atoms. The lowest BCUT2D eigenvalue weighted by molar-refractivity contribution is 0.139. The van der Waals surface area contributed by atoms with E-state index in [0.717, 1.165) is 54.6 Å². The SMILES string of the molecule is CC[C@H]1CN(Cc2ccc3c(c2)OCO3)Cc2cc(OC)ccc2O1. The van der Waals surface area contributed by atoms with Gasteiger partial charge in [0.25, 0.3) is 0 Å². The molecule has 1 atom stereocenters. The van der Waals surface area contributed by atoms with Crippen LogP contribution < -0.4 is 18.9 Å². The maximum absolute atomic E-state index is 6.21. The largest absolute Gasteiger partial charge is 0.497 e. The fraction of sp³-hybridized carbons (Fsp3) is 0.400. The molecule has 0 aliphatic carbocycles. The molecule has 0 N–H and O–H groups in total. The Morgan fingerprint density at radius 2 is 1.92 bits per heavy atom. The molecule has 25 heavy (non-hydrogen) atoms. The number of hydrogen-bond donors (Lipinski definition) is 0. The van der Waals surface area contributed by atoms with Gasteiger partial charge in [0.05, 0.1) is 7.11 Å². The predicted octanol–water partition coefficient (Wildman–Crippen LogP) is 3.60. The van der Waals surface area contributed by atoms with Crippen LogP contribution >= 0.6 is 0 Å². The Hall–Kier alpha value is -2.40. The van der Waals surface area contributed by atoms with Gasteiger partial charge in [-0.05, 0) is 42.3 Å². The molecular formula is C20H23NO4. The van der Waals surface area contributed by atoms with E-state index < -0.39 is 0 Å². The molecule has 0 saturated carbocycles. The topological polar surface area (TPSA) is 40.2 Å². The maximum Gasteiger partial charge on any atom is 0.231 e. The molecule has 0 fully saturated rings. The second-order valence-electron chi connectivity index (χ2n) is 6.48. The van der Waals surface area contributed by atoms with Crippen molar-refractivity contribution in [3.05, 3.63) is 47.5 Å². The van der Waals surface area contributed by atoms with Crippen LogP contribution in [0.3, 0.4) is 0 Å². The van der Waals surface area contributed by atoms with Crippen molar-refractivity contribution < 1.29 is 18.9 Å². The minimum absolute atomic E-state index is 0.184. The summed E-state index contributed by atoms with van der Waals surface area (Å²) in [4.78, 5) is 2.41. The van der Waals surface area contributed by atoms with Crippen LogP contribution in [0.1, 0.15) is 24.5 Å². The van der Waals surface area contributed by atoms with Crippen molar-refractivity contribution in [3.63, 3.8) is 0 Å². The van der Waals surface area contributed by atoms with Gasteiger partial charge >= 0.3 is 0 Å². The third-order valence-corrected chi connectivity index (χ3v) is 4.72. The van der Waals surface area contributed by atoms with E-state index in [0.29, 0.717) is 6.79 Å². The summed E-state index contributed by atoms with van der Waals surface area (Å²) in [5.41, 5.74) is 2.38. The van der Waals surface area contributed by atoms with Crippen molar-refractivity contribution in [2.24, 2.45) is 0 Å². The van der Waals surface area contributed by atoms with Gasteiger partial charge in [-0.1, -0.05) is 13.0 Å². The van der Waals surface area contributed by atoms with Crippen molar-refractivity contribution in [2.75, 3.05) is 20.4 Å². The number of fused-ring (bicyclic) bond motifs is 2. The number of hydrogen-bond acceptors (Lipinski definition) is 5. The quantitative estimate of drug-likeness (QED) is 0.850. The molecule has 0 radical (unpaired) electrons. The maximum atomic E-state index is 6.21. The molecule has 2 aliphatic heterocycles. The molecule has 2 heterocycles. The van der Waals surface area contributed by atoms with Crippen molar-refractivity contribution in [1.29, 1.82) is 0 Å². The normalized spacial score (nSPS) is 19.0. The van der Waals surface area contributed by atoms with Crippen molar-refractivity contribution in [3.8, 4) is 23.0 Å². The van der Waals surface area contributed by atoms with Crippen LogP contribution in [0.15, 0.2) is 36.4 Å². The second kappa shape index (κ2) is 6.84. The summed E-state index contributed by atoms with van der Waals surface area (Å²) in [6.07, 6.45) is 1.16. The highest BCUT2D eigenvalue weighted by molar-refractivity contribution is 5.45. The van der Waals surface area contributed by atoms with Gasteiger partial charge in [-0.25, -0.2) is 0 Å². The number of methoxy groups -OCH3 is 1. The van der Waals surface area contributed by atoms with E-state index in [4.69, 9.17) is 18.9 Å².